The van der Waals surface area contributed by atoms with Gasteiger partial charge in [0.1, 0.15) is 16.6 Å². The number of thiazole rings is 1. The number of urea groups is 1. The van der Waals surface area contributed by atoms with Crippen LogP contribution in [-0.4, -0.2) is 29.2 Å². The Kier molecular flexibility index (Phi) is 5.97. The molecule has 0 unspecified atom stereocenters. The molecule has 2 aromatic rings. The zero-order chi connectivity index (χ0) is 15.9. The highest BCUT2D eigenvalue weighted by Gasteiger charge is 2.12. The van der Waals surface area contributed by atoms with Crippen LogP contribution in [0.15, 0.2) is 23.7 Å². The minimum Gasteiger partial charge on any atom is -0.475 e. The molecule has 1 atom stereocenters. The molecule has 0 saturated heterocycles. The Bertz CT molecular complexity index is 635. The molecule has 0 bridgehead atoms. The standard InChI is InChI=1S/C14H17ClN4O2S/c1-9-8-22-13(18-9)10(2)19-14(20)17-6-7-21-12-11(15)4-3-5-16-12/h3-5,8,10H,6-7H2,1-2H3,(H2,17,19,20)/t10-/m0/s1. The monoisotopic (exact) mass is 340 g/mol. The molecule has 22 heavy (non-hydrogen) atoms. The van der Waals surface area contributed by atoms with Crippen molar-refractivity contribution in [1.82, 2.24) is 20.6 Å². The van der Waals surface area contributed by atoms with Crippen molar-refractivity contribution in [2.75, 3.05) is 13.2 Å². The van der Waals surface area contributed by atoms with Crippen molar-refractivity contribution in [1.29, 1.82) is 0 Å². The van der Waals surface area contributed by atoms with E-state index in [-0.39, 0.29) is 18.7 Å². The van der Waals surface area contributed by atoms with Crippen LogP contribution < -0.4 is 15.4 Å². The van der Waals surface area contributed by atoms with Gasteiger partial charge < -0.3 is 15.4 Å². The van der Waals surface area contributed by atoms with E-state index in [1.54, 1.807) is 18.3 Å². The maximum atomic E-state index is 11.8. The summed E-state index contributed by atoms with van der Waals surface area (Å²) in [5.74, 6) is 0.359. The van der Waals surface area contributed by atoms with E-state index < -0.39 is 0 Å². The van der Waals surface area contributed by atoms with Crippen molar-refractivity contribution in [3.63, 3.8) is 0 Å². The fourth-order valence-electron chi connectivity index (χ4n) is 1.67. The average Bonchev–Trinajstić information content (AvgIpc) is 2.92. The molecule has 0 aromatic carbocycles. The number of aryl methyl sites for hydroxylation is 1. The first-order valence-electron chi connectivity index (χ1n) is 6.76. The Labute approximate surface area is 137 Å². The maximum Gasteiger partial charge on any atom is 0.315 e. The molecule has 6 nitrogen and oxygen atoms in total. The second kappa shape index (κ2) is 7.95. The number of hydrogen-bond acceptors (Lipinski definition) is 5. The van der Waals surface area contributed by atoms with E-state index in [9.17, 15) is 4.79 Å². The van der Waals surface area contributed by atoms with Gasteiger partial charge in [-0.25, -0.2) is 14.8 Å². The summed E-state index contributed by atoms with van der Waals surface area (Å²) in [5.41, 5.74) is 0.953. The van der Waals surface area contributed by atoms with E-state index in [4.69, 9.17) is 16.3 Å². The number of nitrogens with zero attached hydrogens (tertiary/aromatic N) is 2. The number of carbonyl (C=O) groups excluding carboxylic acids is 1. The van der Waals surface area contributed by atoms with E-state index in [1.165, 1.54) is 11.3 Å². The molecule has 0 fully saturated rings. The van der Waals surface area contributed by atoms with E-state index in [1.807, 2.05) is 19.2 Å². The minimum absolute atomic E-state index is 0.134. The SMILES string of the molecule is Cc1csc([C@H](C)NC(=O)NCCOc2ncccc2Cl)n1. The van der Waals surface area contributed by atoms with E-state index in [0.717, 1.165) is 10.7 Å². The number of ether oxygens (including phenoxy) is 1. The lowest BCUT2D eigenvalue weighted by atomic mass is 10.3. The van der Waals surface area contributed by atoms with E-state index in [0.29, 0.717) is 17.4 Å². The summed E-state index contributed by atoms with van der Waals surface area (Å²) >= 11 is 7.44. The first-order valence-corrected chi connectivity index (χ1v) is 8.01. The van der Waals surface area contributed by atoms with Crippen LogP contribution in [0.3, 0.4) is 0 Å². The normalized spacial score (nSPS) is 11.8. The predicted molar refractivity (Wildman–Crippen MR) is 86.5 cm³/mol. The minimum atomic E-state index is -0.268. The fourth-order valence-corrected chi connectivity index (χ4v) is 2.65. The number of nitrogens with one attached hydrogen (secondary N) is 2. The molecule has 0 saturated carbocycles. The molecule has 0 spiro atoms. The van der Waals surface area contributed by atoms with Crippen LogP contribution in [0.2, 0.25) is 5.02 Å². The van der Waals surface area contributed by atoms with Crippen molar-refractivity contribution in [2.24, 2.45) is 0 Å². The number of hydrogen-bond donors (Lipinski definition) is 2. The Balaban J connectivity index is 1.69. The van der Waals surface area contributed by atoms with Gasteiger partial charge in [0.2, 0.25) is 5.88 Å². The average molecular weight is 341 g/mol. The molecule has 0 aliphatic rings. The maximum absolute atomic E-state index is 11.8. The largest absolute Gasteiger partial charge is 0.475 e. The van der Waals surface area contributed by atoms with Crippen LogP contribution in [0.5, 0.6) is 5.88 Å². The van der Waals surface area contributed by atoms with Crippen LogP contribution in [0.25, 0.3) is 0 Å². The first-order chi connectivity index (χ1) is 10.6. The number of halogens is 1. The molecular formula is C14H17ClN4O2S. The molecule has 8 heteroatoms. The van der Waals surface area contributed by atoms with Crippen LogP contribution >= 0.6 is 22.9 Å². The van der Waals surface area contributed by atoms with Crippen molar-refractivity contribution in [3.05, 3.63) is 39.4 Å². The smallest absolute Gasteiger partial charge is 0.315 e. The van der Waals surface area contributed by atoms with Gasteiger partial charge in [-0.3, -0.25) is 0 Å². The molecule has 0 aliphatic carbocycles. The highest BCUT2D eigenvalue weighted by Crippen LogP contribution is 2.19. The summed E-state index contributed by atoms with van der Waals surface area (Å²) < 4.78 is 5.38. The third-order valence-electron chi connectivity index (χ3n) is 2.71. The van der Waals surface area contributed by atoms with Gasteiger partial charge in [0.05, 0.1) is 12.6 Å². The van der Waals surface area contributed by atoms with Crippen LogP contribution in [-0.2, 0) is 0 Å². The summed E-state index contributed by atoms with van der Waals surface area (Å²) in [7, 11) is 0. The third-order valence-corrected chi connectivity index (χ3v) is 4.14. The molecule has 118 valence electrons. The Morgan fingerprint density at radius 3 is 3.05 bits per heavy atom. The van der Waals surface area contributed by atoms with Crippen molar-refractivity contribution < 1.29 is 9.53 Å². The van der Waals surface area contributed by atoms with Crippen LogP contribution in [0.4, 0.5) is 4.79 Å². The van der Waals surface area contributed by atoms with Crippen molar-refractivity contribution in [3.8, 4) is 5.88 Å². The second-order valence-corrected chi connectivity index (χ2v) is 5.88. The van der Waals surface area contributed by atoms with Gasteiger partial charge in [0, 0.05) is 17.3 Å². The molecule has 2 heterocycles. The molecule has 0 aliphatic heterocycles. The second-order valence-electron chi connectivity index (χ2n) is 4.59. The van der Waals surface area contributed by atoms with Gasteiger partial charge in [-0.05, 0) is 26.0 Å². The lowest BCUT2D eigenvalue weighted by Crippen LogP contribution is -2.39. The number of aromatic nitrogens is 2. The summed E-state index contributed by atoms with van der Waals surface area (Å²) in [6.45, 7) is 4.45. The zero-order valence-electron chi connectivity index (χ0n) is 12.3. The zero-order valence-corrected chi connectivity index (χ0v) is 13.9. The summed E-state index contributed by atoms with van der Waals surface area (Å²) in [6, 6.07) is 3.02. The summed E-state index contributed by atoms with van der Waals surface area (Å²) in [4.78, 5) is 20.1. The Hall–Kier alpha value is -1.86. The van der Waals surface area contributed by atoms with Gasteiger partial charge in [0.15, 0.2) is 0 Å². The molecule has 2 amide bonds. The number of carbonyl (C=O) groups is 1. The lowest BCUT2D eigenvalue weighted by Gasteiger charge is -2.12. The number of amides is 2. The lowest BCUT2D eigenvalue weighted by molar-refractivity contribution is 0.233. The molecule has 0 radical (unpaired) electrons. The third kappa shape index (κ3) is 4.85. The van der Waals surface area contributed by atoms with Gasteiger partial charge in [-0.2, -0.15) is 0 Å². The summed E-state index contributed by atoms with van der Waals surface area (Å²) in [5, 5.41) is 8.81. The first kappa shape index (κ1) is 16.5. The van der Waals surface area contributed by atoms with Crippen molar-refractivity contribution in [2.45, 2.75) is 19.9 Å². The van der Waals surface area contributed by atoms with Crippen LogP contribution in [0.1, 0.15) is 23.7 Å². The number of rotatable bonds is 6. The topological polar surface area (TPSA) is 76.1 Å². The molecule has 2 aromatic heterocycles. The fraction of sp³-hybridized carbons (Fsp3) is 0.357. The van der Waals surface area contributed by atoms with Gasteiger partial charge >= 0.3 is 6.03 Å². The van der Waals surface area contributed by atoms with Gasteiger partial charge in [0.25, 0.3) is 0 Å². The van der Waals surface area contributed by atoms with Gasteiger partial charge in [-0.1, -0.05) is 11.6 Å². The summed E-state index contributed by atoms with van der Waals surface area (Å²) in [6.07, 6.45) is 1.60. The Morgan fingerprint density at radius 1 is 1.55 bits per heavy atom. The predicted octanol–water partition coefficient (Wildman–Crippen LogP) is 2.94. The van der Waals surface area contributed by atoms with Gasteiger partial charge in [-0.15, -0.1) is 11.3 Å². The quantitative estimate of drug-likeness (QED) is 0.793. The van der Waals surface area contributed by atoms with Crippen LogP contribution in [0, 0.1) is 6.92 Å². The molecular weight excluding hydrogens is 324 g/mol. The number of pyridine rings is 1. The highest BCUT2D eigenvalue weighted by molar-refractivity contribution is 7.09. The molecule has 2 rings (SSSR count). The van der Waals surface area contributed by atoms with Crippen molar-refractivity contribution >= 4 is 29.0 Å². The Morgan fingerprint density at radius 2 is 2.36 bits per heavy atom. The van der Waals surface area contributed by atoms with E-state index >= 15 is 0 Å². The highest BCUT2D eigenvalue weighted by atomic mass is 35.5. The molecule has 2 N–H and O–H groups in total. The van der Waals surface area contributed by atoms with E-state index in [2.05, 4.69) is 20.6 Å².